The highest BCUT2D eigenvalue weighted by Crippen LogP contribution is 2.21. The van der Waals surface area contributed by atoms with E-state index in [-0.39, 0.29) is 13.0 Å². The van der Waals surface area contributed by atoms with Crippen molar-refractivity contribution in [1.29, 1.82) is 0 Å². The fraction of sp³-hybridized carbons (Fsp3) is 0.750. The average molecular weight is 190 g/mol. The van der Waals surface area contributed by atoms with Crippen LogP contribution in [-0.4, -0.2) is 34.4 Å². The van der Waals surface area contributed by atoms with E-state index in [1.807, 2.05) is 0 Å². The first kappa shape index (κ1) is 11.9. The van der Waals surface area contributed by atoms with Gasteiger partial charge in [0.25, 0.3) is 0 Å². The van der Waals surface area contributed by atoms with Crippen LogP contribution in [0.3, 0.4) is 0 Å². The molecule has 0 aliphatic carbocycles. The first-order chi connectivity index (χ1) is 5.98. The van der Waals surface area contributed by atoms with Gasteiger partial charge in [-0.25, -0.2) is 4.79 Å². The molecule has 5 nitrogen and oxygen atoms in total. The molecule has 0 aliphatic rings. The molecular formula is C8H14O5. The zero-order valence-corrected chi connectivity index (χ0v) is 7.74. The summed E-state index contributed by atoms with van der Waals surface area (Å²) in [5, 5.41) is 17.3. The standard InChI is InChI=1S/C8H14O5/c1-3-8(7(11)12,13-4-2)5-6(9)10/h3-5H2,1-2H3,(H,9,10)(H,11,12)/t8-/m0/s1. The second kappa shape index (κ2) is 4.81. The summed E-state index contributed by atoms with van der Waals surface area (Å²) < 4.78 is 4.97. The van der Waals surface area contributed by atoms with Gasteiger partial charge >= 0.3 is 11.9 Å². The van der Waals surface area contributed by atoms with Crippen LogP contribution in [0.1, 0.15) is 26.7 Å². The molecule has 5 heteroatoms. The molecule has 0 saturated heterocycles. The smallest absolute Gasteiger partial charge is 0.336 e. The summed E-state index contributed by atoms with van der Waals surface area (Å²) in [5.41, 5.74) is -1.57. The highest BCUT2D eigenvalue weighted by molar-refractivity contribution is 5.83. The molecule has 0 aromatic heterocycles. The summed E-state index contributed by atoms with van der Waals surface area (Å²) in [6.45, 7) is 3.41. The van der Waals surface area contributed by atoms with Crippen LogP contribution in [0.2, 0.25) is 0 Å². The number of carboxylic acids is 2. The maximum Gasteiger partial charge on any atom is 0.336 e. The first-order valence-electron chi connectivity index (χ1n) is 4.07. The van der Waals surface area contributed by atoms with E-state index in [1.165, 1.54) is 0 Å². The van der Waals surface area contributed by atoms with Crippen LogP contribution in [0.25, 0.3) is 0 Å². The SMILES string of the molecule is CCO[C@@](CC)(CC(=O)O)C(=O)O. The van der Waals surface area contributed by atoms with Crippen molar-refractivity contribution in [2.75, 3.05) is 6.61 Å². The minimum atomic E-state index is -1.57. The maximum absolute atomic E-state index is 10.8. The van der Waals surface area contributed by atoms with Gasteiger partial charge in [0.1, 0.15) is 0 Å². The molecule has 0 aliphatic heterocycles. The van der Waals surface area contributed by atoms with Gasteiger partial charge < -0.3 is 14.9 Å². The molecule has 0 spiro atoms. The van der Waals surface area contributed by atoms with Gasteiger partial charge in [0, 0.05) is 6.61 Å². The van der Waals surface area contributed by atoms with Crippen LogP contribution >= 0.6 is 0 Å². The molecule has 0 unspecified atom stereocenters. The lowest BCUT2D eigenvalue weighted by Crippen LogP contribution is -2.43. The lowest BCUT2D eigenvalue weighted by molar-refractivity contribution is -0.172. The van der Waals surface area contributed by atoms with Gasteiger partial charge in [-0.05, 0) is 13.3 Å². The minimum absolute atomic E-state index is 0.141. The zero-order valence-electron chi connectivity index (χ0n) is 7.74. The van der Waals surface area contributed by atoms with Gasteiger partial charge in [-0.1, -0.05) is 6.92 Å². The highest BCUT2D eigenvalue weighted by atomic mass is 16.5. The molecule has 0 heterocycles. The number of ether oxygens (including phenoxy) is 1. The molecule has 0 amide bonds. The van der Waals surface area contributed by atoms with Crippen molar-refractivity contribution in [2.45, 2.75) is 32.3 Å². The van der Waals surface area contributed by atoms with E-state index in [0.717, 1.165) is 0 Å². The summed E-state index contributed by atoms with van der Waals surface area (Å²) in [4.78, 5) is 21.2. The van der Waals surface area contributed by atoms with Crippen LogP contribution in [0, 0.1) is 0 Å². The Morgan fingerprint density at radius 1 is 1.31 bits per heavy atom. The third kappa shape index (κ3) is 3.02. The predicted molar refractivity (Wildman–Crippen MR) is 44.5 cm³/mol. The van der Waals surface area contributed by atoms with Gasteiger partial charge in [0.15, 0.2) is 5.60 Å². The van der Waals surface area contributed by atoms with Gasteiger partial charge in [-0.3, -0.25) is 4.79 Å². The van der Waals surface area contributed by atoms with Crippen molar-refractivity contribution < 1.29 is 24.5 Å². The number of carboxylic acid groups (broad SMARTS) is 2. The van der Waals surface area contributed by atoms with Crippen molar-refractivity contribution in [2.24, 2.45) is 0 Å². The summed E-state index contributed by atoms with van der Waals surface area (Å²) in [6.07, 6.45) is -0.366. The molecule has 0 fully saturated rings. The molecular weight excluding hydrogens is 176 g/mol. The molecule has 0 radical (unpaired) electrons. The monoisotopic (exact) mass is 190 g/mol. The van der Waals surface area contributed by atoms with Crippen molar-refractivity contribution in [1.82, 2.24) is 0 Å². The van der Waals surface area contributed by atoms with E-state index >= 15 is 0 Å². The average Bonchev–Trinajstić information content (AvgIpc) is 2.02. The number of aliphatic carboxylic acids is 2. The predicted octanol–water partition coefficient (Wildman–Crippen LogP) is 0.731. The molecule has 0 aromatic rings. The molecule has 0 rings (SSSR count). The molecule has 0 bridgehead atoms. The van der Waals surface area contributed by atoms with E-state index in [9.17, 15) is 9.59 Å². The summed E-state index contributed by atoms with van der Waals surface area (Å²) >= 11 is 0. The number of hydrogen-bond acceptors (Lipinski definition) is 3. The Morgan fingerprint density at radius 3 is 2.08 bits per heavy atom. The third-order valence-corrected chi connectivity index (χ3v) is 1.82. The van der Waals surface area contributed by atoms with Gasteiger partial charge in [0.05, 0.1) is 6.42 Å². The Bertz CT molecular complexity index is 201. The first-order valence-corrected chi connectivity index (χ1v) is 4.07. The van der Waals surface area contributed by atoms with E-state index in [0.29, 0.717) is 0 Å². The summed E-state index contributed by atoms with van der Waals surface area (Å²) in [7, 11) is 0. The van der Waals surface area contributed by atoms with Gasteiger partial charge in [-0.2, -0.15) is 0 Å². The van der Waals surface area contributed by atoms with E-state index < -0.39 is 24.0 Å². The van der Waals surface area contributed by atoms with Crippen molar-refractivity contribution in [3.63, 3.8) is 0 Å². The molecule has 76 valence electrons. The molecule has 1 atom stereocenters. The zero-order chi connectivity index (χ0) is 10.5. The Morgan fingerprint density at radius 2 is 1.85 bits per heavy atom. The fourth-order valence-corrected chi connectivity index (χ4v) is 1.09. The number of carbonyl (C=O) groups is 2. The Hall–Kier alpha value is -1.10. The minimum Gasteiger partial charge on any atom is -0.481 e. The van der Waals surface area contributed by atoms with Crippen molar-refractivity contribution >= 4 is 11.9 Å². The van der Waals surface area contributed by atoms with E-state index in [4.69, 9.17) is 14.9 Å². The Balaban J connectivity index is 4.64. The molecule has 13 heavy (non-hydrogen) atoms. The van der Waals surface area contributed by atoms with Crippen LogP contribution in [0.5, 0.6) is 0 Å². The third-order valence-electron chi connectivity index (χ3n) is 1.82. The Kier molecular flexibility index (Phi) is 4.40. The second-order valence-electron chi connectivity index (χ2n) is 2.66. The van der Waals surface area contributed by atoms with E-state index in [2.05, 4.69) is 0 Å². The number of hydrogen-bond donors (Lipinski definition) is 2. The quantitative estimate of drug-likeness (QED) is 0.645. The Labute approximate surface area is 76.3 Å². The largest absolute Gasteiger partial charge is 0.481 e. The van der Waals surface area contributed by atoms with Gasteiger partial charge in [-0.15, -0.1) is 0 Å². The van der Waals surface area contributed by atoms with Crippen LogP contribution in [0.15, 0.2) is 0 Å². The van der Waals surface area contributed by atoms with Crippen LogP contribution in [0.4, 0.5) is 0 Å². The van der Waals surface area contributed by atoms with Crippen molar-refractivity contribution in [3.05, 3.63) is 0 Å². The number of rotatable bonds is 6. The summed E-state index contributed by atoms with van der Waals surface area (Å²) in [5.74, 6) is -2.39. The van der Waals surface area contributed by atoms with Crippen molar-refractivity contribution in [3.8, 4) is 0 Å². The fourth-order valence-electron chi connectivity index (χ4n) is 1.09. The highest BCUT2D eigenvalue weighted by Gasteiger charge is 2.39. The molecule has 0 saturated carbocycles. The summed E-state index contributed by atoms with van der Waals surface area (Å²) in [6, 6.07) is 0. The topological polar surface area (TPSA) is 83.8 Å². The lowest BCUT2D eigenvalue weighted by atomic mass is 9.96. The lowest BCUT2D eigenvalue weighted by Gasteiger charge is -2.25. The van der Waals surface area contributed by atoms with E-state index in [1.54, 1.807) is 13.8 Å². The van der Waals surface area contributed by atoms with Crippen LogP contribution < -0.4 is 0 Å². The maximum atomic E-state index is 10.8. The van der Waals surface area contributed by atoms with Gasteiger partial charge in [0.2, 0.25) is 0 Å². The molecule has 2 N–H and O–H groups in total. The normalized spacial score (nSPS) is 14.9. The van der Waals surface area contributed by atoms with Crippen LogP contribution in [-0.2, 0) is 14.3 Å². The molecule has 0 aromatic carbocycles. The second-order valence-corrected chi connectivity index (χ2v) is 2.66.